The number of rotatable bonds is 5. The summed E-state index contributed by atoms with van der Waals surface area (Å²) in [5, 5.41) is 14.6. The Balaban J connectivity index is 0.00000137. The first-order valence-electron chi connectivity index (χ1n) is 11.5. The van der Waals surface area contributed by atoms with Crippen LogP contribution in [0, 0.1) is 18.8 Å². The molecule has 3 aliphatic rings. The van der Waals surface area contributed by atoms with E-state index in [9.17, 15) is 5.11 Å². The summed E-state index contributed by atoms with van der Waals surface area (Å²) in [6.07, 6.45) is 0.134. The summed E-state index contributed by atoms with van der Waals surface area (Å²) in [5.74, 6) is 2.36. The Bertz CT molecular complexity index is 1150. The number of aryl methyl sites for hydroxylation is 1. The molecule has 0 aliphatic carbocycles. The Morgan fingerprint density at radius 3 is 2.74 bits per heavy atom. The van der Waals surface area contributed by atoms with Gasteiger partial charge in [-0.15, -0.1) is 24.8 Å². The van der Waals surface area contributed by atoms with E-state index < -0.39 is 0 Å². The number of nitrogens with zero attached hydrogens (tertiary/aromatic N) is 1. The standard InChI is InChI=1S/C26H30N2O4.2ClH/c1-16-25(17-6-4-3-5-7-17)19-9-22(30-2)18(8-23(19)31-16)11-28-12-21-20(13-29)24-10-27-14-26(21,15-28)32-24;;/h3-9,20-21,24,27,29H,10-15H2,1-2H3;2*1H/t20-,21+,24+,26+;;/m0../s1. The lowest BCUT2D eigenvalue weighted by atomic mass is 9.83. The minimum Gasteiger partial charge on any atom is -0.496 e. The highest BCUT2D eigenvalue weighted by Gasteiger charge is 2.60. The molecule has 4 heterocycles. The fourth-order valence-corrected chi connectivity index (χ4v) is 6.32. The second-order valence-corrected chi connectivity index (χ2v) is 9.53. The molecule has 3 aliphatic heterocycles. The van der Waals surface area contributed by atoms with Crippen LogP contribution in [0.3, 0.4) is 0 Å². The van der Waals surface area contributed by atoms with Crippen LogP contribution in [0.15, 0.2) is 46.9 Å². The molecule has 2 N–H and O–H groups in total. The molecule has 3 saturated heterocycles. The Labute approximate surface area is 212 Å². The van der Waals surface area contributed by atoms with Gasteiger partial charge < -0.3 is 24.3 Å². The Kier molecular flexibility index (Phi) is 7.21. The zero-order valence-corrected chi connectivity index (χ0v) is 21.1. The van der Waals surface area contributed by atoms with Crippen LogP contribution in [0.1, 0.15) is 11.3 Å². The quantitative estimate of drug-likeness (QED) is 0.544. The smallest absolute Gasteiger partial charge is 0.135 e. The predicted octanol–water partition coefficient (Wildman–Crippen LogP) is 4.04. The number of methoxy groups -OCH3 is 1. The number of furan rings is 1. The molecule has 0 saturated carbocycles. The average molecular weight is 507 g/mol. The molecule has 3 aromatic rings. The SMILES string of the molecule is COc1cc2c(-c3ccccc3)c(C)oc2cc1CN1C[C@@H]2[C@H](CO)[C@H]3CNC[C@]2(C1)O3.Cl.Cl. The molecule has 4 atom stereocenters. The molecule has 3 fully saturated rings. The fourth-order valence-electron chi connectivity index (χ4n) is 6.32. The number of halogens is 2. The molecule has 2 bridgehead atoms. The van der Waals surface area contributed by atoms with Gasteiger partial charge in [0, 0.05) is 67.7 Å². The third-order valence-electron chi connectivity index (χ3n) is 7.71. The van der Waals surface area contributed by atoms with E-state index in [0.29, 0.717) is 5.92 Å². The zero-order chi connectivity index (χ0) is 21.9. The molecule has 1 aromatic heterocycles. The van der Waals surface area contributed by atoms with E-state index in [2.05, 4.69) is 46.6 Å². The molecule has 2 aromatic carbocycles. The largest absolute Gasteiger partial charge is 0.496 e. The number of likely N-dealkylation sites (tertiary alicyclic amines) is 1. The van der Waals surface area contributed by atoms with Gasteiger partial charge >= 0.3 is 0 Å². The number of nitrogens with one attached hydrogen (secondary N) is 1. The first-order valence-corrected chi connectivity index (χ1v) is 11.5. The van der Waals surface area contributed by atoms with Crippen LogP contribution in [0.2, 0.25) is 0 Å². The third kappa shape index (κ3) is 3.91. The number of aliphatic hydroxyl groups excluding tert-OH is 1. The fraction of sp³-hybridized carbons (Fsp3) is 0.462. The van der Waals surface area contributed by atoms with Gasteiger partial charge in [0.15, 0.2) is 0 Å². The molecular weight excluding hydrogens is 475 g/mol. The van der Waals surface area contributed by atoms with Crippen molar-refractivity contribution in [3.63, 3.8) is 0 Å². The van der Waals surface area contributed by atoms with E-state index in [1.807, 2.05) is 13.0 Å². The topological polar surface area (TPSA) is 67.1 Å². The van der Waals surface area contributed by atoms with Gasteiger partial charge in [-0.3, -0.25) is 4.90 Å². The van der Waals surface area contributed by atoms with Crippen molar-refractivity contribution in [2.24, 2.45) is 11.8 Å². The number of hydrogen-bond donors (Lipinski definition) is 2. The molecule has 6 rings (SSSR count). The minimum atomic E-state index is -0.185. The van der Waals surface area contributed by atoms with Gasteiger partial charge in [-0.2, -0.15) is 0 Å². The van der Waals surface area contributed by atoms with E-state index in [4.69, 9.17) is 13.9 Å². The molecule has 8 heteroatoms. The maximum absolute atomic E-state index is 10.00. The number of fused-ring (bicyclic) bond motifs is 2. The van der Waals surface area contributed by atoms with E-state index in [-0.39, 0.29) is 49.0 Å². The summed E-state index contributed by atoms with van der Waals surface area (Å²) >= 11 is 0. The Hall–Kier alpha value is -1.80. The number of benzene rings is 2. The monoisotopic (exact) mass is 506 g/mol. The van der Waals surface area contributed by atoms with Crippen LogP contribution >= 0.6 is 24.8 Å². The average Bonchev–Trinajstić information content (AvgIpc) is 3.36. The van der Waals surface area contributed by atoms with Crippen LogP contribution in [-0.2, 0) is 11.3 Å². The molecule has 184 valence electrons. The maximum atomic E-state index is 10.00. The summed E-state index contributed by atoms with van der Waals surface area (Å²) in [6, 6.07) is 14.6. The number of aliphatic hydroxyl groups is 1. The lowest BCUT2D eigenvalue weighted by molar-refractivity contribution is -0.0746. The van der Waals surface area contributed by atoms with Crippen molar-refractivity contribution in [3.05, 3.63) is 53.8 Å². The molecule has 34 heavy (non-hydrogen) atoms. The second kappa shape index (κ2) is 9.69. The van der Waals surface area contributed by atoms with Gasteiger partial charge in [0.1, 0.15) is 17.1 Å². The van der Waals surface area contributed by atoms with Gasteiger partial charge in [-0.05, 0) is 24.6 Å². The van der Waals surface area contributed by atoms with Crippen LogP contribution in [0.25, 0.3) is 22.1 Å². The van der Waals surface area contributed by atoms with Crippen molar-refractivity contribution in [2.45, 2.75) is 25.2 Å². The minimum absolute atomic E-state index is 0. The highest BCUT2D eigenvalue weighted by Crippen LogP contribution is 2.48. The van der Waals surface area contributed by atoms with Gasteiger partial charge in [0.2, 0.25) is 0 Å². The van der Waals surface area contributed by atoms with Crippen LogP contribution in [0.4, 0.5) is 0 Å². The molecule has 0 unspecified atom stereocenters. The van der Waals surface area contributed by atoms with E-state index in [1.54, 1.807) is 7.11 Å². The Morgan fingerprint density at radius 2 is 2.00 bits per heavy atom. The van der Waals surface area contributed by atoms with Crippen molar-refractivity contribution in [2.75, 3.05) is 39.9 Å². The number of morpholine rings is 1. The van der Waals surface area contributed by atoms with Gasteiger partial charge in [-0.25, -0.2) is 0 Å². The second-order valence-electron chi connectivity index (χ2n) is 9.53. The van der Waals surface area contributed by atoms with Crippen LogP contribution < -0.4 is 10.1 Å². The normalized spacial score (nSPS) is 27.8. The highest BCUT2D eigenvalue weighted by atomic mass is 35.5. The summed E-state index contributed by atoms with van der Waals surface area (Å²) in [7, 11) is 1.73. The predicted molar refractivity (Wildman–Crippen MR) is 137 cm³/mol. The van der Waals surface area contributed by atoms with Crippen molar-refractivity contribution in [1.82, 2.24) is 10.2 Å². The van der Waals surface area contributed by atoms with Crippen LogP contribution in [0.5, 0.6) is 5.75 Å². The first kappa shape index (κ1) is 25.3. The third-order valence-corrected chi connectivity index (χ3v) is 7.71. The molecular formula is C26H32Cl2N2O4. The highest BCUT2D eigenvalue weighted by molar-refractivity contribution is 5.97. The molecule has 0 amide bonds. The lowest BCUT2D eigenvalue weighted by Gasteiger charge is -2.34. The number of ether oxygens (including phenoxy) is 2. The molecule has 6 nitrogen and oxygen atoms in total. The van der Waals surface area contributed by atoms with Crippen LogP contribution in [-0.4, -0.2) is 61.6 Å². The Morgan fingerprint density at radius 1 is 1.21 bits per heavy atom. The van der Waals surface area contributed by atoms with Crippen molar-refractivity contribution in [3.8, 4) is 16.9 Å². The summed E-state index contributed by atoms with van der Waals surface area (Å²) in [4.78, 5) is 2.44. The molecule has 0 radical (unpaired) electrons. The number of hydrogen-bond acceptors (Lipinski definition) is 6. The summed E-state index contributed by atoms with van der Waals surface area (Å²) in [5.41, 5.74) is 4.09. The molecule has 1 spiro atoms. The maximum Gasteiger partial charge on any atom is 0.135 e. The summed E-state index contributed by atoms with van der Waals surface area (Å²) < 4.78 is 18.5. The van der Waals surface area contributed by atoms with E-state index in [1.165, 1.54) is 0 Å². The van der Waals surface area contributed by atoms with Gasteiger partial charge in [-0.1, -0.05) is 30.3 Å². The zero-order valence-electron chi connectivity index (χ0n) is 19.5. The van der Waals surface area contributed by atoms with Gasteiger partial charge in [0.05, 0.1) is 18.8 Å². The lowest BCUT2D eigenvalue weighted by Crippen LogP contribution is -2.52. The first-order chi connectivity index (χ1) is 15.6. The van der Waals surface area contributed by atoms with Crippen molar-refractivity contribution in [1.29, 1.82) is 0 Å². The summed E-state index contributed by atoms with van der Waals surface area (Å²) in [6.45, 7) is 6.47. The van der Waals surface area contributed by atoms with E-state index in [0.717, 1.165) is 71.9 Å². The van der Waals surface area contributed by atoms with Gasteiger partial charge in [0.25, 0.3) is 0 Å². The van der Waals surface area contributed by atoms with E-state index >= 15 is 0 Å². The van der Waals surface area contributed by atoms with Crippen molar-refractivity contribution < 1.29 is 19.0 Å². The van der Waals surface area contributed by atoms with Crippen molar-refractivity contribution >= 4 is 35.8 Å².